The standard InChI is InChI=1S/C26H29F3N6O2/c1-17-6-7-18(13-23(17)35(31)16-21(30)19-5-4-10-32-15-19)25(36)33-22-14-20(26(27,28)29)8-9-24(22)37-12-11-34(2)3/h4-10,13-16H,11-12,30-31H2,1-3H3,(H,33,36)/b21-16-. The Kier molecular flexibility index (Phi) is 8.74. The Bertz CT molecular complexity index is 1260. The molecule has 0 saturated carbocycles. The van der Waals surface area contributed by atoms with Crippen molar-refractivity contribution in [1.29, 1.82) is 0 Å². The number of aryl methyl sites for hydroxylation is 1. The molecule has 3 rings (SSSR count). The second-order valence-electron chi connectivity index (χ2n) is 8.55. The van der Waals surface area contributed by atoms with Crippen LogP contribution in [0.5, 0.6) is 5.75 Å². The zero-order valence-electron chi connectivity index (χ0n) is 20.7. The average Bonchev–Trinajstić information content (AvgIpc) is 2.84. The number of carbonyl (C=O) groups excluding carboxylic acids is 1. The summed E-state index contributed by atoms with van der Waals surface area (Å²) in [6.45, 7) is 2.56. The maximum Gasteiger partial charge on any atom is 0.416 e. The molecular formula is C26H29F3N6O2. The van der Waals surface area contributed by atoms with Gasteiger partial charge in [-0.3, -0.25) is 14.8 Å². The van der Waals surface area contributed by atoms with Crippen LogP contribution < -0.4 is 26.6 Å². The fourth-order valence-electron chi connectivity index (χ4n) is 3.32. The zero-order chi connectivity index (χ0) is 27.2. The Labute approximate surface area is 213 Å². The number of pyridine rings is 1. The van der Waals surface area contributed by atoms with E-state index >= 15 is 0 Å². The van der Waals surface area contributed by atoms with Gasteiger partial charge in [0.25, 0.3) is 5.91 Å². The largest absolute Gasteiger partial charge is 0.490 e. The fourth-order valence-corrected chi connectivity index (χ4v) is 3.32. The van der Waals surface area contributed by atoms with E-state index in [0.29, 0.717) is 23.5 Å². The van der Waals surface area contributed by atoms with Crippen LogP contribution in [0.25, 0.3) is 5.70 Å². The van der Waals surface area contributed by atoms with Crippen molar-refractivity contribution >= 4 is 23.0 Å². The van der Waals surface area contributed by atoms with E-state index in [-0.39, 0.29) is 23.6 Å². The summed E-state index contributed by atoms with van der Waals surface area (Å²) in [4.78, 5) is 19.0. The molecule has 0 aliphatic carbocycles. The molecule has 11 heteroatoms. The Hall–Kier alpha value is -4.09. The van der Waals surface area contributed by atoms with Gasteiger partial charge < -0.3 is 20.7 Å². The minimum Gasteiger partial charge on any atom is -0.490 e. The lowest BCUT2D eigenvalue weighted by Crippen LogP contribution is -2.27. The molecule has 0 atom stereocenters. The molecule has 0 aliphatic rings. The summed E-state index contributed by atoms with van der Waals surface area (Å²) in [6, 6.07) is 11.2. The number of carbonyl (C=O) groups is 1. The summed E-state index contributed by atoms with van der Waals surface area (Å²) in [7, 11) is 3.68. The van der Waals surface area contributed by atoms with Crippen molar-refractivity contribution in [3.63, 3.8) is 0 Å². The van der Waals surface area contributed by atoms with Gasteiger partial charge in [0.15, 0.2) is 0 Å². The summed E-state index contributed by atoms with van der Waals surface area (Å²) >= 11 is 0. The van der Waals surface area contributed by atoms with E-state index in [1.807, 2.05) is 19.0 Å². The van der Waals surface area contributed by atoms with Gasteiger partial charge in [-0.15, -0.1) is 0 Å². The van der Waals surface area contributed by atoms with E-state index in [0.717, 1.165) is 17.7 Å². The van der Waals surface area contributed by atoms with Crippen LogP contribution in [-0.4, -0.2) is 43.0 Å². The highest BCUT2D eigenvalue weighted by Gasteiger charge is 2.31. The number of nitrogens with one attached hydrogen (secondary N) is 1. The number of benzene rings is 2. The molecule has 8 nitrogen and oxygen atoms in total. The fraction of sp³-hybridized carbons (Fsp3) is 0.231. The third kappa shape index (κ3) is 7.45. The topological polar surface area (TPSA) is 110 Å². The Morgan fingerprint density at radius 3 is 2.54 bits per heavy atom. The number of rotatable bonds is 9. The molecule has 0 aliphatic heterocycles. The number of nitrogens with zero attached hydrogens (tertiary/aromatic N) is 3. The molecule has 1 heterocycles. The Morgan fingerprint density at radius 1 is 1.14 bits per heavy atom. The number of nitrogens with two attached hydrogens (primary N) is 2. The van der Waals surface area contributed by atoms with Gasteiger partial charge in [0.2, 0.25) is 0 Å². The normalized spacial score (nSPS) is 11.9. The number of anilines is 2. The molecule has 0 bridgehead atoms. The van der Waals surface area contributed by atoms with Crippen LogP contribution in [0, 0.1) is 6.92 Å². The number of ether oxygens (including phenoxy) is 1. The van der Waals surface area contributed by atoms with Crippen molar-refractivity contribution in [1.82, 2.24) is 9.88 Å². The van der Waals surface area contributed by atoms with Crippen LogP contribution >= 0.6 is 0 Å². The molecule has 2 aromatic carbocycles. The third-order valence-electron chi connectivity index (χ3n) is 5.37. The number of likely N-dealkylation sites (N-methyl/N-ethyl adjacent to an activating group) is 1. The van der Waals surface area contributed by atoms with E-state index in [2.05, 4.69) is 10.3 Å². The summed E-state index contributed by atoms with van der Waals surface area (Å²) in [5.41, 5.74) is 7.55. The first-order valence-electron chi connectivity index (χ1n) is 11.3. The second kappa shape index (κ2) is 11.8. The predicted molar refractivity (Wildman–Crippen MR) is 138 cm³/mol. The van der Waals surface area contributed by atoms with Crippen molar-refractivity contribution in [2.45, 2.75) is 13.1 Å². The first-order chi connectivity index (χ1) is 17.5. The van der Waals surface area contributed by atoms with Crippen molar-refractivity contribution < 1.29 is 22.7 Å². The van der Waals surface area contributed by atoms with Gasteiger partial charge in [0.05, 0.1) is 22.6 Å². The minimum absolute atomic E-state index is 0.0916. The van der Waals surface area contributed by atoms with E-state index in [9.17, 15) is 18.0 Å². The first kappa shape index (κ1) is 27.5. The highest BCUT2D eigenvalue weighted by atomic mass is 19.4. The molecule has 0 unspecified atom stereocenters. The lowest BCUT2D eigenvalue weighted by Gasteiger charge is -2.19. The first-order valence-corrected chi connectivity index (χ1v) is 11.3. The van der Waals surface area contributed by atoms with Crippen LogP contribution in [0.4, 0.5) is 24.5 Å². The van der Waals surface area contributed by atoms with E-state index < -0.39 is 17.6 Å². The molecule has 1 amide bonds. The molecule has 3 aromatic rings. The van der Waals surface area contributed by atoms with Crippen LogP contribution in [0.15, 0.2) is 67.1 Å². The van der Waals surface area contributed by atoms with Crippen LogP contribution in [0.2, 0.25) is 0 Å². The zero-order valence-corrected chi connectivity index (χ0v) is 20.7. The highest BCUT2D eigenvalue weighted by molar-refractivity contribution is 6.05. The van der Waals surface area contributed by atoms with Crippen molar-refractivity contribution in [2.24, 2.45) is 11.6 Å². The maximum absolute atomic E-state index is 13.3. The lowest BCUT2D eigenvalue weighted by atomic mass is 10.1. The molecule has 0 radical (unpaired) electrons. The maximum atomic E-state index is 13.3. The van der Waals surface area contributed by atoms with E-state index in [1.54, 1.807) is 43.6 Å². The molecule has 1 aromatic heterocycles. The minimum atomic E-state index is -4.58. The van der Waals surface area contributed by atoms with Crippen molar-refractivity contribution in [3.8, 4) is 5.75 Å². The summed E-state index contributed by atoms with van der Waals surface area (Å²) in [6.07, 6.45) is 0.111. The van der Waals surface area contributed by atoms with Crippen molar-refractivity contribution in [3.05, 3.63) is 89.4 Å². The van der Waals surface area contributed by atoms with Crippen LogP contribution in [0.1, 0.15) is 27.0 Å². The van der Waals surface area contributed by atoms with Crippen molar-refractivity contribution in [2.75, 3.05) is 37.6 Å². The van der Waals surface area contributed by atoms with Crippen LogP contribution in [-0.2, 0) is 6.18 Å². The molecule has 196 valence electrons. The summed E-state index contributed by atoms with van der Waals surface area (Å²) in [5.74, 6) is 5.70. The van der Waals surface area contributed by atoms with Crippen LogP contribution in [0.3, 0.4) is 0 Å². The van der Waals surface area contributed by atoms with Gasteiger partial charge >= 0.3 is 6.18 Å². The summed E-state index contributed by atoms with van der Waals surface area (Å²) in [5, 5.41) is 3.82. The lowest BCUT2D eigenvalue weighted by molar-refractivity contribution is -0.137. The molecule has 5 N–H and O–H groups in total. The summed E-state index contributed by atoms with van der Waals surface area (Å²) < 4.78 is 45.6. The predicted octanol–water partition coefficient (Wildman–Crippen LogP) is 4.24. The van der Waals surface area contributed by atoms with Gasteiger partial charge in [-0.05, 0) is 69.0 Å². The Balaban J connectivity index is 1.87. The monoisotopic (exact) mass is 514 g/mol. The number of halogens is 3. The second-order valence-corrected chi connectivity index (χ2v) is 8.55. The SMILES string of the molecule is Cc1ccc(C(=O)Nc2cc(C(F)(F)F)ccc2OCCN(C)C)cc1N(N)/C=C(\N)c1cccnc1. The van der Waals surface area contributed by atoms with E-state index in [4.69, 9.17) is 16.3 Å². The number of hydrogen-bond acceptors (Lipinski definition) is 7. The number of amides is 1. The Morgan fingerprint density at radius 2 is 1.89 bits per heavy atom. The molecule has 0 fully saturated rings. The average molecular weight is 515 g/mol. The molecular weight excluding hydrogens is 485 g/mol. The number of aromatic nitrogens is 1. The van der Waals surface area contributed by atoms with Gasteiger partial charge in [-0.25, -0.2) is 5.84 Å². The number of alkyl halides is 3. The highest BCUT2D eigenvalue weighted by Crippen LogP contribution is 2.35. The van der Waals surface area contributed by atoms with Gasteiger partial charge in [0, 0.05) is 36.3 Å². The van der Waals surface area contributed by atoms with Gasteiger partial charge in [0.1, 0.15) is 12.4 Å². The molecule has 0 spiro atoms. The number of hydrazine groups is 1. The van der Waals surface area contributed by atoms with Gasteiger partial charge in [-0.2, -0.15) is 13.2 Å². The molecule has 37 heavy (non-hydrogen) atoms. The quantitative estimate of drug-likeness (QED) is 0.289. The smallest absolute Gasteiger partial charge is 0.416 e. The van der Waals surface area contributed by atoms with E-state index in [1.165, 1.54) is 23.3 Å². The van der Waals surface area contributed by atoms with Gasteiger partial charge in [-0.1, -0.05) is 6.07 Å². The molecule has 0 saturated heterocycles. The third-order valence-corrected chi connectivity index (χ3v) is 5.37. The number of hydrogen-bond donors (Lipinski definition) is 3.